The number of thioether (sulfide) groups is 1. The van der Waals surface area contributed by atoms with Crippen LogP contribution in [0.2, 0.25) is 0 Å². The summed E-state index contributed by atoms with van der Waals surface area (Å²) < 4.78 is 1.96. The molecule has 0 aliphatic rings. The van der Waals surface area contributed by atoms with Crippen LogP contribution in [-0.4, -0.2) is 20.8 Å². The van der Waals surface area contributed by atoms with Crippen LogP contribution in [0.1, 0.15) is 25.2 Å². The average molecular weight is 276 g/mol. The summed E-state index contributed by atoms with van der Waals surface area (Å²) in [6, 6.07) is 9.14. The molecule has 0 atom stereocenters. The summed E-state index contributed by atoms with van der Waals surface area (Å²) in [5, 5.41) is 11.4. The molecule has 102 valence electrons. The molecule has 0 aliphatic carbocycles. The SMILES string of the molecule is CC(C)NCc1cccc(SCc2nncn2C)c1. The molecule has 0 saturated carbocycles. The van der Waals surface area contributed by atoms with Crippen LogP contribution in [0.15, 0.2) is 35.5 Å². The van der Waals surface area contributed by atoms with E-state index in [9.17, 15) is 0 Å². The Kier molecular flexibility index (Phi) is 4.99. The van der Waals surface area contributed by atoms with Crippen molar-refractivity contribution in [3.8, 4) is 0 Å². The second-order valence-electron chi connectivity index (χ2n) is 4.83. The number of benzene rings is 1. The second-order valence-corrected chi connectivity index (χ2v) is 5.88. The molecule has 1 aromatic heterocycles. The van der Waals surface area contributed by atoms with E-state index in [1.54, 1.807) is 18.1 Å². The van der Waals surface area contributed by atoms with E-state index in [-0.39, 0.29) is 0 Å². The third-order valence-corrected chi connectivity index (χ3v) is 3.78. The fourth-order valence-corrected chi connectivity index (χ4v) is 2.62. The Bertz CT molecular complexity index is 522. The molecular formula is C14H20N4S. The van der Waals surface area contributed by atoms with Crippen molar-refractivity contribution in [3.05, 3.63) is 42.0 Å². The minimum absolute atomic E-state index is 0.509. The summed E-state index contributed by atoms with van der Waals surface area (Å²) in [7, 11) is 1.97. The Balaban J connectivity index is 1.93. The molecule has 0 aliphatic heterocycles. The van der Waals surface area contributed by atoms with Crippen molar-refractivity contribution in [3.63, 3.8) is 0 Å². The Hall–Kier alpha value is -1.33. The smallest absolute Gasteiger partial charge is 0.142 e. The van der Waals surface area contributed by atoms with Crippen molar-refractivity contribution >= 4 is 11.8 Å². The summed E-state index contributed by atoms with van der Waals surface area (Å²) in [5.74, 6) is 1.84. The molecule has 0 radical (unpaired) electrons. The largest absolute Gasteiger partial charge is 0.320 e. The van der Waals surface area contributed by atoms with Crippen LogP contribution >= 0.6 is 11.8 Å². The number of aromatic nitrogens is 3. The van der Waals surface area contributed by atoms with E-state index in [1.807, 2.05) is 11.6 Å². The normalized spacial score (nSPS) is 11.2. The Morgan fingerprint density at radius 1 is 1.37 bits per heavy atom. The van der Waals surface area contributed by atoms with E-state index in [1.165, 1.54) is 10.5 Å². The molecule has 0 unspecified atom stereocenters. The average Bonchev–Trinajstić information content (AvgIpc) is 2.80. The summed E-state index contributed by atoms with van der Waals surface area (Å²) in [6.45, 7) is 5.23. The summed E-state index contributed by atoms with van der Waals surface area (Å²) in [4.78, 5) is 1.27. The van der Waals surface area contributed by atoms with Gasteiger partial charge in [-0.05, 0) is 17.7 Å². The van der Waals surface area contributed by atoms with Gasteiger partial charge in [0.05, 0.1) is 5.75 Å². The van der Waals surface area contributed by atoms with Crippen LogP contribution in [0, 0.1) is 0 Å². The number of rotatable bonds is 6. The number of aryl methyl sites for hydroxylation is 1. The van der Waals surface area contributed by atoms with Crippen molar-refractivity contribution in [2.45, 2.75) is 37.1 Å². The number of nitrogens with zero attached hydrogens (tertiary/aromatic N) is 3. The molecule has 5 heteroatoms. The van der Waals surface area contributed by atoms with Crippen molar-refractivity contribution in [1.82, 2.24) is 20.1 Å². The molecule has 2 aromatic rings. The zero-order chi connectivity index (χ0) is 13.7. The molecule has 0 saturated heterocycles. The molecule has 0 amide bonds. The first-order valence-corrected chi connectivity index (χ1v) is 7.41. The zero-order valence-electron chi connectivity index (χ0n) is 11.6. The fourth-order valence-electron chi connectivity index (χ4n) is 1.65. The maximum atomic E-state index is 4.09. The lowest BCUT2D eigenvalue weighted by Gasteiger charge is -2.09. The predicted molar refractivity (Wildman–Crippen MR) is 79.0 cm³/mol. The molecule has 2 rings (SSSR count). The van der Waals surface area contributed by atoms with Crippen molar-refractivity contribution < 1.29 is 0 Å². The lowest BCUT2D eigenvalue weighted by Crippen LogP contribution is -2.21. The highest BCUT2D eigenvalue weighted by Gasteiger charge is 2.03. The van der Waals surface area contributed by atoms with Gasteiger partial charge in [0.25, 0.3) is 0 Å². The van der Waals surface area contributed by atoms with Gasteiger partial charge < -0.3 is 9.88 Å². The number of hydrogen-bond donors (Lipinski definition) is 1. The quantitative estimate of drug-likeness (QED) is 0.824. The van der Waals surface area contributed by atoms with Gasteiger partial charge in [0.1, 0.15) is 12.2 Å². The van der Waals surface area contributed by atoms with E-state index in [4.69, 9.17) is 0 Å². The fraction of sp³-hybridized carbons (Fsp3) is 0.429. The van der Waals surface area contributed by atoms with E-state index in [2.05, 4.69) is 53.6 Å². The molecule has 1 aromatic carbocycles. The Morgan fingerprint density at radius 3 is 2.89 bits per heavy atom. The second kappa shape index (κ2) is 6.73. The van der Waals surface area contributed by atoms with Crippen LogP contribution in [0.4, 0.5) is 0 Å². The van der Waals surface area contributed by atoms with Crippen molar-refractivity contribution in [2.24, 2.45) is 7.05 Å². The predicted octanol–water partition coefficient (Wildman–Crippen LogP) is 2.61. The third-order valence-electron chi connectivity index (χ3n) is 2.79. The van der Waals surface area contributed by atoms with E-state index < -0.39 is 0 Å². The lowest BCUT2D eigenvalue weighted by atomic mass is 10.2. The molecule has 0 spiro atoms. The number of nitrogens with one attached hydrogen (secondary N) is 1. The van der Waals surface area contributed by atoms with Crippen molar-refractivity contribution in [1.29, 1.82) is 0 Å². The first-order valence-electron chi connectivity index (χ1n) is 6.43. The topological polar surface area (TPSA) is 42.7 Å². The maximum Gasteiger partial charge on any atom is 0.142 e. The van der Waals surface area contributed by atoms with Crippen LogP contribution in [0.25, 0.3) is 0 Å². The van der Waals surface area contributed by atoms with Gasteiger partial charge in [-0.3, -0.25) is 0 Å². The van der Waals surface area contributed by atoms with Gasteiger partial charge in [0, 0.05) is 24.5 Å². The van der Waals surface area contributed by atoms with Gasteiger partial charge in [-0.15, -0.1) is 22.0 Å². The molecule has 4 nitrogen and oxygen atoms in total. The van der Waals surface area contributed by atoms with Crippen LogP contribution in [0.5, 0.6) is 0 Å². The van der Waals surface area contributed by atoms with Gasteiger partial charge >= 0.3 is 0 Å². The number of hydrogen-bond acceptors (Lipinski definition) is 4. The van der Waals surface area contributed by atoms with E-state index in [0.717, 1.165) is 18.1 Å². The zero-order valence-corrected chi connectivity index (χ0v) is 12.4. The highest BCUT2D eigenvalue weighted by Crippen LogP contribution is 2.22. The minimum Gasteiger partial charge on any atom is -0.320 e. The van der Waals surface area contributed by atoms with E-state index >= 15 is 0 Å². The van der Waals surface area contributed by atoms with Gasteiger partial charge in [0.15, 0.2) is 0 Å². The summed E-state index contributed by atoms with van der Waals surface area (Å²) in [5.41, 5.74) is 1.32. The van der Waals surface area contributed by atoms with Crippen molar-refractivity contribution in [2.75, 3.05) is 0 Å². The molecular weight excluding hydrogens is 256 g/mol. The maximum absolute atomic E-state index is 4.09. The van der Waals surface area contributed by atoms with Gasteiger partial charge in [-0.25, -0.2) is 0 Å². The summed E-state index contributed by atoms with van der Waals surface area (Å²) >= 11 is 1.79. The Labute approximate surface area is 118 Å². The molecule has 19 heavy (non-hydrogen) atoms. The third kappa shape index (κ3) is 4.36. The standard InChI is InChI=1S/C14H20N4S/c1-11(2)15-8-12-5-4-6-13(7-12)19-9-14-17-16-10-18(14)3/h4-7,10-11,15H,8-9H2,1-3H3. The Morgan fingerprint density at radius 2 is 2.21 bits per heavy atom. The lowest BCUT2D eigenvalue weighted by molar-refractivity contribution is 0.588. The van der Waals surface area contributed by atoms with Gasteiger partial charge in [-0.1, -0.05) is 26.0 Å². The van der Waals surface area contributed by atoms with Gasteiger partial charge in [0.2, 0.25) is 0 Å². The molecule has 0 fully saturated rings. The van der Waals surface area contributed by atoms with Crippen LogP contribution < -0.4 is 5.32 Å². The monoisotopic (exact) mass is 276 g/mol. The molecule has 1 N–H and O–H groups in total. The highest BCUT2D eigenvalue weighted by molar-refractivity contribution is 7.98. The highest BCUT2D eigenvalue weighted by atomic mass is 32.2. The first kappa shape index (κ1) is 14.1. The molecule has 1 heterocycles. The van der Waals surface area contributed by atoms with Crippen LogP contribution in [0.3, 0.4) is 0 Å². The molecule has 0 bridgehead atoms. The first-order chi connectivity index (χ1) is 9.15. The summed E-state index contributed by atoms with van der Waals surface area (Å²) in [6.07, 6.45) is 1.73. The van der Waals surface area contributed by atoms with E-state index in [0.29, 0.717) is 6.04 Å². The minimum atomic E-state index is 0.509. The van der Waals surface area contributed by atoms with Gasteiger partial charge in [-0.2, -0.15) is 0 Å². The van der Waals surface area contributed by atoms with Crippen LogP contribution in [-0.2, 0) is 19.3 Å².